The fraction of sp³-hybridized carbons (Fsp3) is 0.316. The van der Waals surface area contributed by atoms with Crippen molar-refractivity contribution in [1.29, 1.82) is 0 Å². The molecule has 1 aliphatic rings. The van der Waals surface area contributed by atoms with E-state index in [2.05, 4.69) is 0 Å². The lowest BCUT2D eigenvalue weighted by Gasteiger charge is -2.27. The highest BCUT2D eigenvalue weighted by Gasteiger charge is 2.42. The van der Waals surface area contributed by atoms with E-state index in [9.17, 15) is 14.7 Å². The Balaban J connectivity index is 2.28. The average Bonchev–Trinajstić information content (AvgIpc) is 2.83. The summed E-state index contributed by atoms with van der Waals surface area (Å²) in [6.07, 6.45) is 4.39. The van der Waals surface area contributed by atoms with E-state index in [1.54, 1.807) is 6.08 Å². The second-order valence-electron chi connectivity index (χ2n) is 6.02. The molecule has 2 rings (SSSR count). The number of hydrogen-bond acceptors (Lipinski definition) is 4. The Hall–Kier alpha value is -1.92. The van der Waals surface area contributed by atoms with Crippen molar-refractivity contribution in [3.8, 4) is 0 Å². The lowest BCUT2D eigenvalue weighted by atomic mass is 9.98. The first-order valence-electron chi connectivity index (χ1n) is 8.08. The van der Waals surface area contributed by atoms with Gasteiger partial charge in [0.15, 0.2) is 0 Å². The van der Waals surface area contributed by atoms with Gasteiger partial charge in [0.1, 0.15) is 10.4 Å². The van der Waals surface area contributed by atoms with Crippen molar-refractivity contribution in [3.63, 3.8) is 0 Å². The molecule has 1 aromatic rings. The SMILES string of the molecule is CC[C@H](C)[C@H](C(=O)O)N1C(=O)/C(=C/C(C)=C/c2ccccc2)SC1=S. The molecule has 25 heavy (non-hydrogen) atoms. The molecule has 4 nitrogen and oxygen atoms in total. The first-order chi connectivity index (χ1) is 11.8. The minimum Gasteiger partial charge on any atom is -0.480 e. The van der Waals surface area contributed by atoms with E-state index >= 15 is 0 Å². The second-order valence-corrected chi connectivity index (χ2v) is 7.70. The molecule has 0 spiro atoms. The van der Waals surface area contributed by atoms with Crippen LogP contribution in [0.2, 0.25) is 0 Å². The Kier molecular flexibility index (Phi) is 6.56. The summed E-state index contributed by atoms with van der Waals surface area (Å²) in [7, 11) is 0. The van der Waals surface area contributed by atoms with Crippen LogP contribution in [-0.4, -0.2) is 32.2 Å². The molecule has 0 radical (unpaired) electrons. The fourth-order valence-electron chi connectivity index (χ4n) is 2.61. The van der Waals surface area contributed by atoms with Crippen molar-refractivity contribution in [1.82, 2.24) is 4.90 Å². The summed E-state index contributed by atoms with van der Waals surface area (Å²) in [6, 6.07) is 8.86. The van der Waals surface area contributed by atoms with E-state index in [0.29, 0.717) is 15.6 Å². The van der Waals surface area contributed by atoms with Crippen LogP contribution in [0.1, 0.15) is 32.8 Å². The van der Waals surface area contributed by atoms with E-state index in [1.165, 1.54) is 4.90 Å². The number of carbonyl (C=O) groups excluding carboxylic acids is 1. The molecule has 0 saturated carbocycles. The number of allylic oxidation sites excluding steroid dienone is 2. The van der Waals surface area contributed by atoms with Gasteiger partial charge in [0.2, 0.25) is 0 Å². The minimum absolute atomic E-state index is 0.180. The molecular weight excluding hydrogens is 354 g/mol. The number of carboxylic acids is 1. The molecule has 1 saturated heterocycles. The highest BCUT2D eigenvalue weighted by atomic mass is 32.2. The quantitative estimate of drug-likeness (QED) is 0.592. The zero-order valence-corrected chi connectivity index (χ0v) is 16.1. The van der Waals surface area contributed by atoms with Gasteiger partial charge in [-0.3, -0.25) is 9.69 Å². The van der Waals surface area contributed by atoms with Crippen molar-refractivity contribution >= 4 is 46.3 Å². The van der Waals surface area contributed by atoms with Crippen molar-refractivity contribution in [2.24, 2.45) is 5.92 Å². The van der Waals surface area contributed by atoms with Crippen molar-refractivity contribution in [2.75, 3.05) is 0 Å². The number of aliphatic carboxylic acids is 1. The fourth-order valence-corrected chi connectivity index (χ4v) is 3.99. The molecule has 1 fully saturated rings. The third kappa shape index (κ3) is 4.58. The Morgan fingerprint density at radius 2 is 2.00 bits per heavy atom. The molecule has 1 amide bonds. The number of carbonyl (C=O) groups is 2. The summed E-state index contributed by atoms with van der Waals surface area (Å²) >= 11 is 6.44. The van der Waals surface area contributed by atoms with E-state index in [0.717, 1.165) is 22.9 Å². The lowest BCUT2D eigenvalue weighted by molar-refractivity contribution is -0.147. The standard InChI is InChI=1S/C19H21NO3S2/c1-4-13(3)16(18(22)23)20-17(21)15(25-19(20)24)11-12(2)10-14-8-6-5-7-9-14/h5-11,13,16H,4H2,1-3H3,(H,22,23)/b12-10+,15-11-/t13-,16+/m0/s1. The van der Waals surface area contributed by atoms with Crippen LogP contribution in [-0.2, 0) is 9.59 Å². The molecular formula is C19H21NO3S2. The number of hydrogen-bond donors (Lipinski definition) is 1. The van der Waals surface area contributed by atoms with Crippen LogP contribution < -0.4 is 0 Å². The molecule has 1 N–H and O–H groups in total. The number of thioether (sulfide) groups is 1. The highest BCUT2D eigenvalue weighted by Crippen LogP contribution is 2.35. The van der Waals surface area contributed by atoms with Gasteiger partial charge in [-0.1, -0.05) is 80.7 Å². The van der Waals surface area contributed by atoms with Gasteiger partial charge in [-0.2, -0.15) is 0 Å². The zero-order valence-electron chi connectivity index (χ0n) is 14.4. The summed E-state index contributed by atoms with van der Waals surface area (Å²) in [5.41, 5.74) is 1.94. The van der Waals surface area contributed by atoms with Crippen molar-refractivity contribution < 1.29 is 14.7 Å². The van der Waals surface area contributed by atoms with Gasteiger partial charge < -0.3 is 5.11 Å². The van der Waals surface area contributed by atoms with E-state index in [-0.39, 0.29) is 11.8 Å². The van der Waals surface area contributed by atoms with Gasteiger partial charge in [-0.25, -0.2) is 4.79 Å². The summed E-state index contributed by atoms with van der Waals surface area (Å²) in [6.45, 7) is 5.63. The minimum atomic E-state index is -1.02. The Morgan fingerprint density at radius 1 is 1.36 bits per heavy atom. The maximum Gasteiger partial charge on any atom is 0.327 e. The van der Waals surface area contributed by atoms with Crippen LogP contribution in [0.25, 0.3) is 6.08 Å². The van der Waals surface area contributed by atoms with Gasteiger partial charge in [-0.05, 0) is 30.1 Å². The molecule has 132 valence electrons. The lowest BCUT2D eigenvalue weighted by Crippen LogP contribution is -2.47. The molecule has 1 heterocycles. The maximum absolute atomic E-state index is 12.7. The van der Waals surface area contributed by atoms with Crippen LogP contribution in [0.4, 0.5) is 0 Å². The van der Waals surface area contributed by atoms with E-state index < -0.39 is 12.0 Å². The van der Waals surface area contributed by atoms with Gasteiger partial charge >= 0.3 is 5.97 Å². The third-order valence-corrected chi connectivity index (χ3v) is 5.42. The molecule has 0 bridgehead atoms. The molecule has 0 aliphatic carbocycles. The average molecular weight is 376 g/mol. The smallest absolute Gasteiger partial charge is 0.327 e. The monoisotopic (exact) mass is 375 g/mol. The molecule has 6 heteroatoms. The predicted molar refractivity (Wildman–Crippen MR) is 106 cm³/mol. The third-order valence-electron chi connectivity index (χ3n) is 4.09. The second kappa shape index (κ2) is 8.45. The normalized spacial score (nSPS) is 19.4. The maximum atomic E-state index is 12.7. The Morgan fingerprint density at radius 3 is 2.56 bits per heavy atom. The molecule has 0 unspecified atom stereocenters. The van der Waals surface area contributed by atoms with Crippen LogP contribution in [0.15, 0.2) is 46.9 Å². The van der Waals surface area contributed by atoms with E-state index in [1.807, 2.05) is 57.2 Å². The Bertz CT molecular complexity index is 740. The summed E-state index contributed by atoms with van der Waals surface area (Å²) in [5, 5.41) is 9.54. The first-order valence-corrected chi connectivity index (χ1v) is 9.30. The number of carboxylic acid groups (broad SMARTS) is 1. The largest absolute Gasteiger partial charge is 0.480 e. The van der Waals surface area contributed by atoms with Gasteiger partial charge in [0.25, 0.3) is 5.91 Å². The number of rotatable bonds is 6. The molecule has 1 aliphatic heterocycles. The topological polar surface area (TPSA) is 57.6 Å². The van der Waals surface area contributed by atoms with Crippen LogP contribution >= 0.6 is 24.0 Å². The Labute approximate surface area is 157 Å². The van der Waals surface area contributed by atoms with Crippen LogP contribution in [0.5, 0.6) is 0 Å². The molecule has 2 atom stereocenters. The number of benzene rings is 1. The number of thiocarbonyl (C=S) groups is 1. The summed E-state index contributed by atoms with van der Waals surface area (Å²) in [5.74, 6) is -1.53. The molecule has 1 aromatic carbocycles. The van der Waals surface area contributed by atoms with Crippen LogP contribution in [0.3, 0.4) is 0 Å². The van der Waals surface area contributed by atoms with Gasteiger partial charge in [-0.15, -0.1) is 0 Å². The van der Waals surface area contributed by atoms with Crippen molar-refractivity contribution in [3.05, 3.63) is 52.4 Å². The van der Waals surface area contributed by atoms with Crippen LogP contribution in [0, 0.1) is 5.92 Å². The summed E-state index contributed by atoms with van der Waals surface area (Å²) < 4.78 is 0.302. The van der Waals surface area contributed by atoms with Crippen molar-refractivity contribution in [2.45, 2.75) is 33.2 Å². The van der Waals surface area contributed by atoms with Gasteiger partial charge in [0, 0.05) is 0 Å². The van der Waals surface area contributed by atoms with Gasteiger partial charge in [0.05, 0.1) is 4.91 Å². The summed E-state index contributed by atoms with van der Waals surface area (Å²) in [4.78, 5) is 26.1. The predicted octanol–water partition coefficient (Wildman–Crippen LogP) is 4.33. The van der Waals surface area contributed by atoms with E-state index in [4.69, 9.17) is 12.2 Å². The first kappa shape index (κ1) is 19.4. The molecule has 0 aromatic heterocycles. The number of nitrogens with zero attached hydrogens (tertiary/aromatic N) is 1. The zero-order chi connectivity index (χ0) is 18.6. The highest BCUT2D eigenvalue weighted by molar-refractivity contribution is 8.26. The number of amides is 1.